The maximum Gasteiger partial charge on any atom is 0.264 e. The second-order valence-electron chi connectivity index (χ2n) is 6.14. The largest absolute Gasteiger partial charge is 0.326 e. The summed E-state index contributed by atoms with van der Waals surface area (Å²) in [4.78, 5) is 12.2. The van der Waals surface area contributed by atoms with E-state index in [0.717, 1.165) is 6.42 Å². The molecular formula is C18H20N2O3S. The molecule has 3 rings (SSSR count). The highest BCUT2D eigenvalue weighted by atomic mass is 32.2. The highest BCUT2D eigenvalue weighted by Crippen LogP contribution is 2.38. The van der Waals surface area contributed by atoms with Gasteiger partial charge in [-0.2, -0.15) is 0 Å². The first kappa shape index (κ1) is 16.5. The third kappa shape index (κ3) is 3.28. The van der Waals surface area contributed by atoms with Gasteiger partial charge in [0.2, 0.25) is 5.91 Å². The molecule has 0 unspecified atom stereocenters. The lowest BCUT2D eigenvalue weighted by Crippen LogP contribution is -2.26. The van der Waals surface area contributed by atoms with E-state index in [1.165, 1.54) is 23.5 Å². The maximum absolute atomic E-state index is 12.8. The Hall–Kier alpha value is -2.34. The third-order valence-corrected chi connectivity index (χ3v) is 6.11. The molecule has 2 atom stereocenters. The van der Waals surface area contributed by atoms with Crippen LogP contribution in [0.4, 0.5) is 11.4 Å². The second-order valence-corrected chi connectivity index (χ2v) is 8.11. The normalized spacial score (nSPS) is 19.6. The molecule has 2 aromatic carbocycles. The summed E-state index contributed by atoms with van der Waals surface area (Å²) < 4.78 is 26.8. The molecule has 0 spiro atoms. The molecule has 0 radical (unpaired) electrons. The van der Waals surface area contributed by atoms with Crippen molar-refractivity contribution in [1.82, 2.24) is 0 Å². The first-order chi connectivity index (χ1) is 11.4. The predicted octanol–water partition coefficient (Wildman–Crippen LogP) is 3.11. The Bertz CT molecular complexity index is 850. The number of amides is 1. The van der Waals surface area contributed by atoms with Gasteiger partial charge in [-0.05, 0) is 42.7 Å². The topological polar surface area (TPSA) is 66.5 Å². The number of nitrogens with one attached hydrogen (secondary N) is 1. The van der Waals surface area contributed by atoms with Crippen LogP contribution in [0.2, 0.25) is 0 Å². The fourth-order valence-corrected chi connectivity index (χ4v) is 3.83. The molecule has 1 aliphatic rings. The minimum atomic E-state index is -3.68. The Morgan fingerprint density at radius 3 is 2.42 bits per heavy atom. The van der Waals surface area contributed by atoms with Crippen molar-refractivity contribution in [2.45, 2.75) is 18.2 Å². The van der Waals surface area contributed by atoms with Gasteiger partial charge in [0.25, 0.3) is 10.0 Å². The number of hydrogen-bond acceptors (Lipinski definition) is 3. The molecule has 1 aliphatic carbocycles. The Morgan fingerprint density at radius 2 is 1.79 bits per heavy atom. The summed E-state index contributed by atoms with van der Waals surface area (Å²) in [5.74, 6) is 0.395. The molecule has 24 heavy (non-hydrogen) atoms. The predicted molar refractivity (Wildman–Crippen MR) is 94.4 cm³/mol. The third-order valence-electron chi connectivity index (χ3n) is 4.33. The van der Waals surface area contributed by atoms with Gasteiger partial charge in [0.15, 0.2) is 0 Å². The van der Waals surface area contributed by atoms with E-state index in [9.17, 15) is 13.2 Å². The Kier molecular flexibility index (Phi) is 4.32. The molecule has 0 heterocycles. The molecule has 1 amide bonds. The number of carbonyl (C=O) groups excluding carboxylic acids is 1. The average molecular weight is 344 g/mol. The van der Waals surface area contributed by atoms with Gasteiger partial charge in [-0.15, -0.1) is 0 Å². The van der Waals surface area contributed by atoms with E-state index in [2.05, 4.69) is 5.32 Å². The van der Waals surface area contributed by atoms with Crippen LogP contribution in [0.5, 0.6) is 0 Å². The summed E-state index contributed by atoms with van der Waals surface area (Å²) in [6.07, 6.45) is 0.889. The molecule has 5 nitrogen and oxygen atoms in total. The van der Waals surface area contributed by atoms with Gasteiger partial charge in [-0.1, -0.05) is 31.2 Å². The minimum Gasteiger partial charge on any atom is -0.326 e. The smallest absolute Gasteiger partial charge is 0.264 e. The van der Waals surface area contributed by atoms with E-state index in [1.807, 2.05) is 13.0 Å². The number of carbonyl (C=O) groups is 1. The number of benzene rings is 2. The van der Waals surface area contributed by atoms with Crippen LogP contribution < -0.4 is 9.62 Å². The van der Waals surface area contributed by atoms with Gasteiger partial charge in [-0.25, -0.2) is 8.42 Å². The lowest BCUT2D eigenvalue weighted by molar-refractivity contribution is -0.117. The number of sulfonamides is 1. The molecule has 126 valence electrons. The van der Waals surface area contributed by atoms with Crippen LogP contribution in [0.1, 0.15) is 13.3 Å². The van der Waals surface area contributed by atoms with Crippen LogP contribution in [0.25, 0.3) is 0 Å². The van der Waals surface area contributed by atoms with Crippen molar-refractivity contribution in [2.24, 2.45) is 11.8 Å². The van der Waals surface area contributed by atoms with Crippen molar-refractivity contribution in [3.63, 3.8) is 0 Å². The average Bonchev–Trinajstić information content (AvgIpc) is 3.32. The Balaban J connectivity index is 1.83. The van der Waals surface area contributed by atoms with Crippen LogP contribution in [-0.4, -0.2) is 21.4 Å². The van der Waals surface area contributed by atoms with E-state index in [1.54, 1.807) is 36.4 Å². The molecule has 0 saturated heterocycles. The number of rotatable bonds is 5. The van der Waals surface area contributed by atoms with Gasteiger partial charge < -0.3 is 5.32 Å². The van der Waals surface area contributed by atoms with Crippen LogP contribution in [0.3, 0.4) is 0 Å². The fourth-order valence-electron chi connectivity index (χ4n) is 2.59. The van der Waals surface area contributed by atoms with Crippen LogP contribution >= 0.6 is 0 Å². The van der Waals surface area contributed by atoms with Crippen LogP contribution in [-0.2, 0) is 14.8 Å². The van der Waals surface area contributed by atoms with E-state index >= 15 is 0 Å². The van der Waals surface area contributed by atoms with Crippen molar-refractivity contribution < 1.29 is 13.2 Å². The van der Waals surface area contributed by atoms with Crippen molar-refractivity contribution in [3.05, 3.63) is 54.6 Å². The zero-order valence-electron chi connectivity index (χ0n) is 13.6. The minimum absolute atomic E-state index is 0.0391. The summed E-state index contributed by atoms with van der Waals surface area (Å²) in [6.45, 7) is 2.03. The zero-order valence-corrected chi connectivity index (χ0v) is 14.5. The van der Waals surface area contributed by atoms with Crippen molar-refractivity contribution >= 4 is 27.3 Å². The number of para-hydroxylation sites is 1. The summed E-state index contributed by atoms with van der Waals surface area (Å²) in [5.41, 5.74) is 1.08. The van der Waals surface area contributed by atoms with Crippen molar-refractivity contribution in [2.75, 3.05) is 16.7 Å². The summed E-state index contributed by atoms with van der Waals surface area (Å²) in [5, 5.41) is 2.80. The van der Waals surface area contributed by atoms with E-state index in [-0.39, 0.29) is 16.7 Å². The first-order valence-corrected chi connectivity index (χ1v) is 9.28. The van der Waals surface area contributed by atoms with Crippen LogP contribution in [0, 0.1) is 11.8 Å². The van der Waals surface area contributed by atoms with Gasteiger partial charge in [0.1, 0.15) is 0 Å². The fraction of sp³-hybridized carbons (Fsp3) is 0.278. The summed E-state index contributed by atoms with van der Waals surface area (Å²) in [6, 6.07) is 15.2. The molecule has 1 N–H and O–H groups in total. The Labute approximate surface area is 142 Å². The number of nitrogens with zero attached hydrogens (tertiary/aromatic N) is 1. The lowest BCUT2D eigenvalue weighted by Gasteiger charge is -2.19. The first-order valence-electron chi connectivity index (χ1n) is 7.84. The SMILES string of the molecule is C[C@H]1C[C@@H]1C(=O)Nc1cccc(S(=O)(=O)N(C)c2ccccc2)c1. The quantitative estimate of drug-likeness (QED) is 0.906. The molecule has 2 aromatic rings. The highest BCUT2D eigenvalue weighted by molar-refractivity contribution is 7.92. The molecule has 0 aromatic heterocycles. The second kappa shape index (κ2) is 6.28. The molecule has 1 fully saturated rings. The molecular weight excluding hydrogens is 324 g/mol. The standard InChI is InChI=1S/C18H20N2O3S/c1-13-11-17(13)18(21)19-14-7-6-10-16(12-14)24(22,23)20(2)15-8-4-3-5-9-15/h3-10,12-13,17H,11H2,1-2H3,(H,19,21)/t13-,17-/m0/s1. The monoisotopic (exact) mass is 344 g/mol. The molecule has 0 aliphatic heterocycles. The van der Waals surface area contributed by atoms with E-state index < -0.39 is 10.0 Å². The van der Waals surface area contributed by atoms with Gasteiger partial charge in [-0.3, -0.25) is 9.10 Å². The summed E-state index contributed by atoms with van der Waals surface area (Å²) >= 11 is 0. The number of anilines is 2. The van der Waals surface area contributed by atoms with Gasteiger partial charge in [0, 0.05) is 18.7 Å². The van der Waals surface area contributed by atoms with E-state index in [0.29, 0.717) is 17.3 Å². The van der Waals surface area contributed by atoms with Gasteiger partial charge >= 0.3 is 0 Å². The molecule has 0 bridgehead atoms. The molecule has 1 saturated carbocycles. The van der Waals surface area contributed by atoms with Crippen molar-refractivity contribution in [1.29, 1.82) is 0 Å². The number of hydrogen-bond donors (Lipinski definition) is 1. The highest BCUT2D eigenvalue weighted by Gasteiger charge is 2.39. The van der Waals surface area contributed by atoms with Crippen molar-refractivity contribution in [3.8, 4) is 0 Å². The van der Waals surface area contributed by atoms with Gasteiger partial charge in [0.05, 0.1) is 10.6 Å². The van der Waals surface area contributed by atoms with Crippen LogP contribution in [0.15, 0.2) is 59.5 Å². The lowest BCUT2D eigenvalue weighted by atomic mass is 10.3. The van der Waals surface area contributed by atoms with E-state index in [4.69, 9.17) is 0 Å². The summed E-state index contributed by atoms with van der Waals surface area (Å²) in [7, 11) is -2.17. The molecule has 6 heteroatoms. The maximum atomic E-state index is 12.8. The Morgan fingerprint density at radius 1 is 1.12 bits per heavy atom. The zero-order chi connectivity index (χ0) is 17.3.